The van der Waals surface area contributed by atoms with E-state index in [0.29, 0.717) is 24.8 Å². The van der Waals surface area contributed by atoms with Crippen LogP contribution in [0.25, 0.3) is 0 Å². The lowest BCUT2D eigenvalue weighted by Gasteiger charge is -2.29. The Bertz CT molecular complexity index is 383. The molecule has 0 aromatic heterocycles. The summed E-state index contributed by atoms with van der Waals surface area (Å²) in [4.78, 5) is 0. The summed E-state index contributed by atoms with van der Waals surface area (Å²) in [6.45, 7) is 5.12. The number of nitrogens with zero attached hydrogens (tertiary/aromatic N) is 1. The molecule has 0 radical (unpaired) electrons. The Morgan fingerprint density at radius 3 is 3.00 bits per heavy atom. The second kappa shape index (κ2) is 5.50. The Morgan fingerprint density at radius 1 is 1.53 bits per heavy atom. The zero-order chi connectivity index (χ0) is 12.3. The van der Waals surface area contributed by atoms with Gasteiger partial charge in [-0.05, 0) is 45.2 Å². The van der Waals surface area contributed by atoms with Crippen LogP contribution in [0.15, 0.2) is 11.6 Å². The van der Waals surface area contributed by atoms with Gasteiger partial charge in [0.2, 0.25) is 10.0 Å². The molecule has 2 aliphatic rings. The van der Waals surface area contributed by atoms with E-state index >= 15 is 0 Å². The highest BCUT2D eigenvalue weighted by Crippen LogP contribution is 2.18. The first kappa shape index (κ1) is 13.1. The van der Waals surface area contributed by atoms with Gasteiger partial charge in [0, 0.05) is 13.1 Å². The van der Waals surface area contributed by atoms with Gasteiger partial charge in [0.05, 0.1) is 5.75 Å². The number of rotatable bonds is 3. The Hall–Kier alpha value is -0.390. The molecule has 0 aliphatic carbocycles. The first-order valence-corrected chi connectivity index (χ1v) is 8.03. The van der Waals surface area contributed by atoms with Gasteiger partial charge in [0.25, 0.3) is 0 Å². The minimum atomic E-state index is -3.06. The molecule has 5 heteroatoms. The molecule has 1 N–H and O–H groups in total. The molecule has 1 saturated heterocycles. The normalized spacial score (nSPS) is 27.8. The van der Waals surface area contributed by atoms with Crippen LogP contribution < -0.4 is 5.32 Å². The molecule has 0 aromatic rings. The second-order valence-corrected chi connectivity index (χ2v) is 7.18. The minimum absolute atomic E-state index is 0.292. The molecule has 0 bridgehead atoms. The van der Waals surface area contributed by atoms with Crippen molar-refractivity contribution in [2.24, 2.45) is 5.92 Å². The highest BCUT2D eigenvalue weighted by atomic mass is 32.2. The molecule has 98 valence electrons. The van der Waals surface area contributed by atoms with E-state index in [1.54, 1.807) is 4.31 Å². The van der Waals surface area contributed by atoms with Gasteiger partial charge < -0.3 is 5.32 Å². The van der Waals surface area contributed by atoms with Crippen molar-refractivity contribution in [3.8, 4) is 0 Å². The molecule has 0 amide bonds. The van der Waals surface area contributed by atoms with Crippen LogP contribution in [0, 0.1) is 5.92 Å². The molecule has 0 spiro atoms. The quantitative estimate of drug-likeness (QED) is 0.767. The van der Waals surface area contributed by atoms with E-state index in [1.807, 2.05) is 6.92 Å². The van der Waals surface area contributed by atoms with Crippen molar-refractivity contribution in [3.63, 3.8) is 0 Å². The first-order valence-electron chi connectivity index (χ1n) is 6.42. The molecule has 1 fully saturated rings. The summed E-state index contributed by atoms with van der Waals surface area (Å²) in [5, 5.41) is 3.27. The first-order chi connectivity index (χ1) is 8.08. The Kier molecular flexibility index (Phi) is 4.22. The summed E-state index contributed by atoms with van der Waals surface area (Å²) >= 11 is 0. The van der Waals surface area contributed by atoms with Gasteiger partial charge in [0.1, 0.15) is 0 Å². The number of sulfonamides is 1. The van der Waals surface area contributed by atoms with Crippen molar-refractivity contribution < 1.29 is 8.42 Å². The lowest BCUT2D eigenvalue weighted by molar-refractivity contribution is 0.382. The van der Waals surface area contributed by atoms with Crippen molar-refractivity contribution >= 4 is 10.0 Å². The fraction of sp³-hybridized carbons (Fsp3) is 0.833. The molecule has 17 heavy (non-hydrogen) atoms. The average Bonchev–Trinajstić information content (AvgIpc) is 2.30. The van der Waals surface area contributed by atoms with Gasteiger partial charge >= 0.3 is 0 Å². The van der Waals surface area contributed by atoms with Crippen molar-refractivity contribution in [2.75, 3.05) is 31.9 Å². The number of hydrogen-bond donors (Lipinski definition) is 1. The standard InChI is InChI=1S/C12H22N2O2S/c1-11-4-3-7-14(9-11)17(15,16)10-12-5-2-6-13-8-12/h4,12-13H,2-3,5-10H2,1H3. The molecule has 2 aliphatic heterocycles. The van der Waals surface area contributed by atoms with E-state index < -0.39 is 10.0 Å². The van der Waals surface area contributed by atoms with Crippen LogP contribution in [-0.4, -0.2) is 44.7 Å². The maximum absolute atomic E-state index is 12.3. The van der Waals surface area contributed by atoms with Gasteiger partial charge in [-0.3, -0.25) is 0 Å². The lowest BCUT2D eigenvalue weighted by Crippen LogP contribution is -2.41. The van der Waals surface area contributed by atoms with E-state index in [9.17, 15) is 8.42 Å². The largest absolute Gasteiger partial charge is 0.316 e. The summed E-state index contributed by atoms with van der Waals surface area (Å²) < 4.78 is 26.2. The monoisotopic (exact) mass is 258 g/mol. The summed E-state index contributed by atoms with van der Waals surface area (Å²) in [5.41, 5.74) is 1.17. The van der Waals surface area contributed by atoms with Gasteiger partial charge in [-0.25, -0.2) is 8.42 Å². The van der Waals surface area contributed by atoms with Crippen LogP contribution >= 0.6 is 0 Å². The topological polar surface area (TPSA) is 49.4 Å². The average molecular weight is 258 g/mol. The molecule has 1 unspecified atom stereocenters. The third kappa shape index (κ3) is 3.53. The van der Waals surface area contributed by atoms with Crippen LogP contribution in [0.5, 0.6) is 0 Å². The molecule has 4 nitrogen and oxygen atoms in total. The summed E-state index contributed by atoms with van der Waals surface area (Å²) in [6.07, 6.45) is 5.12. The molecular formula is C12H22N2O2S. The van der Waals surface area contributed by atoms with E-state index in [-0.39, 0.29) is 0 Å². The maximum Gasteiger partial charge on any atom is 0.214 e. The third-order valence-electron chi connectivity index (χ3n) is 3.54. The van der Waals surface area contributed by atoms with E-state index in [1.165, 1.54) is 5.57 Å². The second-order valence-electron chi connectivity index (χ2n) is 5.16. The molecule has 0 aromatic carbocycles. The highest BCUT2D eigenvalue weighted by Gasteiger charge is 2.28. The van der Waals surface area contributed by atoms with Crippen molar-refractivity contribution in [1.82, 2.24) is 9.62 Å². The van der Waals surface area contributed by atoms with Crippen molar-refractivity contribution in [1.29, 1.82) is 0 Å². The van der Waals surface area contributed by atoms with Crippen LogP contribution in [0.3, 0.4) is 0 Å². The van der Waals surface area contributed by atoms with E-state index in [4.69, 9.17) is 0 Å². The number of piperidine rings is 1. The van der Waals surface area contributed by atoms with Gasteiger partial charge in [-0.15, -0.1) is 0 Å². The van der Waals surface area contributed by atoms with Crippen molar-refractivity contribution in [2.45, 2.75) is 26.2 Å². The smallest absolute Gasteiger partial charge is 0.214 e. The maximum atomic E-state index is 12.3. The molecule has 1 atom stereocenters. The third-order valence-corrected chi connectivity index (χ3v) is 5.53. The van der Waals surface area contributed by atoms with E-state index in [2.05, 4.69) is 11.4 Å². The molecule has 2 rings (SSSR count). The fourth-order valence-electron chi connectivity index (χ4n) is 2.58. The predicted octanol–water partition coefficient (Wildman–Crippen LogP) is 0.968. The fourth-order valence-corrected chi connectivity index (χ4v) is 4.46. The van der Waals surface area contributed by atoms with E-state index in [0.717, 1.165) is 32.4 Å². The van der Waals surface area contributed by atoms with Crippen LogP contribution in [-0.2, 0) is 10.0 Å². The molecular weight excluding hydrogens is 236 g/mol. The summed E-state index contributed by atoms with van der Waals surface area (Å²) in [7, 11) is -3.06. The lowest BCUT2D eigenvalue weighted by atomic mass is 10.0. The van der Waals surface area contributed by atoms with Crippen LogP contribution in [0.2, 0.25) is 0 Å². The molecule has 0 saturated carbocycles. The Labute approximate surface area is 104 Å². The predicted molar refractivity (Wildman–Crippen MR) is 69.3 cm³/mol. The Morgan fingerprint density at radius 2 is 2.35 bits per heavy atom. The van der Waals surface area contributed by atoms with Gasteiger partial charge in [-0.2, -0.15) is 4.31 Å². The van der Waals surface area contributed by atoms with Crippen LogP contribution in [0.1, 0.15) is 26.2 Å². The SMILES string of the molecule is CC1=CCCN(S(=O)(=O)CC2CCCNC2)C1. The van der Waals surface area contributed by atoms with Gasteiger partial charge in [0.15, 0.2) is 0 Å². The summed E-state index contributed by atoms with van der Waals surface area (Å²) in [5.74, 6) is 0.604. The highest BCUT2D eigenvalue weighted by molar-refractivity contribution is 7.89. The molecule has 2 heterocycles. The number of hydrogen-bond acceptors (Lipinski definition) is 3. The Balaban J connectivity index is 1.96. The van der Waals surface area contributed by atoms with Crippen molar-refractivity contribution in [3.05, 3.63) is 11.6 Å². The van der Waals surface area contributed by atoms with Gasteiger partial charge in [-0.1, -0.05) is 11.6 Å². The minimum Gasteiger partial charge on any atom is -0.316 e. The van der Waals surface area contributed by atoms with Crippen LogP contribution in [0.4, 0.5) is 0 Å². The number of nitrogens with one attached hydrogen (secondary N) is 1. The zero-order valence-corrected chi connectivity index (χ0v) is 11.3. The summed E-state index contributed by atoms with van der Waals surface area (Å²) in [6, 6.07) is 0. The zero-order valence-electron chi connectivity index (χ0n) is 10.5.